The average Bonchev–Trinajstić information content (AvgIpc) is 2.14. The maximum Gasteiger partial charge on any atom is 0.244 e. The van der Waals surface area contributed by atoms with Crippen LogP contribution in [0, 0.1) is 0 Å². The topological polar surface area (TPSA) is 42.0 Å². The fourth-order valence-electron chi connectivity index (χ4n) is 1.06. The predicted octanol–water partition coefficient (Wildman–Crippen LogP) is 2.01. The number of aromatic nitrogens is 1. The molecule has 0 radical (unpaired) electrons. The molecule has 0 aromatic carbocycles. The van der Waals surface area contributed by atoms with Gasteiger partial charge < -0.3 is 5.32 Å². The van der Waals surface area contributed by atoms with Gasteiger partial charge in [0.25, 0.3) is 0 Å². The molecule has 0 saturated carbocycles. The number of amides is 1. The molecule has 3 nitrogen and oxygen atoms in total. The highest BCUT2D eigenvalue weighted by Gasteiger charge is 2.10. The summed E-state index contributed by atoms with van der Waals surface area (Å²) in [7, 11) is 0. The smallest absolute Gasteiger partial charge is 0.244 e. The van der Waals surface area contributed by atoms with E-state index in [2.05, 4.69) is 10.3 Å². The van der Waals surface area contributed by atoms with Gasteiger partial charge in [-0.25, -0.2) is 0 Å². The molecule has 0 atom stereocenters. The van der Waals surface area contributed by atoms with Crippen molar-refractivity contribution in [2.24, 2.45) is 0 Å². The summed E-state index contributed by atoms with van der Waals surface area (Å²) in [6.07, 6.45) is 6.67. The first-order valence-corrected chi connectivity index (χ1v) is 4.88. The lowest BCUT2D eigenvalue weighted by Gasteiger charge is -2.18. The molecule has 1 aromatic heterocycles. The lowest BCUT2D eigenvalue weighted by atomic mass is 10.1. The largest absolute Gasteiger partial charge is 0.348 e. The second-order valence-corrected chi connectivity index (χ2v) is 4.36. The SMILES string of the molecule is CC(C)(C)NC(=O)/C=C/c1cccnc1. The highest BCUT2D eigenvalue weighted by molar-refractivity contribution is 5.92. The fraction of sp³-hybridized carbons (Fsp3) is 0.333. The molecule has 3 heteroatoms. The van der Waals surface area contributed by atoms with Gasteiger partial charge in [0.05, 0.1) is 0 Å². The van der Waals surface area contributed by atoms with Crippen LogP contribution >= 0.6 is 0 Å². The lowest BCUT2D eigenvalue weighted by Crippen LogP contribution is -2.39. The summed E-state index contributed by atoms with van der Waals surface area (Å²) in [6.45, 7) is 5.84. The number of nitrogens with zero attached hydrogens (tertiary/aromatic N) is 1. The van der Waals surface area contributed by atoms with Gasteiger partial charge in [-0.1, -0.05) is 6.07 Å². The first-order chi connectivity index (χ1) is 6.97. The van der Waals surface area contributed by atoms with Crippen molar-refractivity contribution < 1.29 is 4.79 Å². The minimum atomic E-state index is -0.198. The van der Waals surface area contributed by atoms with Gasteiger partial charge in [-0.05, 0) is 38.5 Å². The normalized spacial score (nSPS) is 11.7. The third kappa shape index (κ3) is 4.96. The van der Waals surface area contributed by atoms with Gasteiger partial charge in [-0.2, -0.15) is 0 Å². The van der Waals surface area contributed by atoms with Gasteiger partial charge in [0.2, 0.25) is 5.91 Å². The molecule has 1 N–H and O–H groups in total. The van der Waals surface area contributed by atoms with Crippen molar-refractivity contribution in [2.45, 2.75) is 26.3 Å². The van der Waals surface area contributed by atoms with Crippen molar-refractivity contribution >= 4 is 12.0 Å². The molecule has 0 bridgehead atoms. The van der Waals surface area contributed by atoms with Crippen LogP contribution in [0.15, 0.2) is 30.6 Å². The van der Waals surface area contributed by atoms with E-state index in [9.17, 15) is 4.79 Å². The molecule has 0 spiro atoms. The van der Waals surface area contributed by atoms with Gasteiger partial charge >= 0.3 is 0 Å². The second-order valence-electron chi connectivity index (χ2n) is 4.36. The molecular formula is C12H16N2O. The van der Waals surface area contributed by atoms with Gasteiger partial charge in [-0.3, -0.25) is 9.78 Å². The van der Waals surface area contributed by atoms with Gasteiger partial charge in [0.1, 0.15) is 0 Å². The van der Waals surface area contributed by atoms with Crippen molar-refractivity contribution in [3.05, 3.63) is 36.2 Å². The Balaban J connectivity index is 2.56. The van der Waals surface area contributed by atoms with Crippen LogP contribution in [-0.4, -0.2) is 16.4 Å². The van der Waals surface area contributed by atoms with E-state index in [4.69, 9.17) is 0 Å². The maximum absolute atomic E-state index is 11.4. The van der Waals surface area contributed by atoms with E-state index in [1.165, 1.54) is 6.08 Å². The molecule has 1 rings (SSSR count). The first kappa shape index (κ1) is 11.4. The molecular weight excluding hydrogens is 188 g/mol. The number of nitrogens with one attached hydrogen (secondary N) is 1. The Morgan fingerprint density at radius 2 is 2.20 bits per heavy atom. The summed E-state index contributed by atoms with van der Waals surface area (Å²) in [4.78, 5) is 15.4. The van der Waals surface area contributed by atoms with Crippen LogP contribution in [-0.2, 0) is 4.79 Å². The van der Waals surface area contributed by atoms with E-state index in [0.717, 1.165) is 5.56 Å². The van der Waals surface area contributed by atoms with Crippen LogP contribution in [0.1, 0.15) is 26.3 Å². The van der Waals surface area contributed by atoms with Crippen molar-refractivity contribution in [3.8, 4) is 0 Å². The van der Waals surface area contributed by atoms with E-state index in [0.29, 0.717) is 0 Å². The zero-order valence-corrected chi connectivity index (χ0v) is 9.32. The Labute approximate surface area is 90.2 Å². The molecule has 0 fully saturated rings. The standard InChI is InChI=1S/C12H16N2O/c1-12(2,3)14-11(15)7-6-10-5-4-8-13-9-10/h4-9H,1-3H3,(H,14,15)/b7-6+. The molecule has 80 valence electrons. The van der Waals surface area contributed by atoms with Crippen LogP contribution < -0.4 is 5.32 Å². The summed E-state index contributed by atoms with van der Waals surface area (Å²) >= 11 is 0. The zero-order valence-electron chi connectivity index (χ0n) is 9.32. The number of hydrogen-bond acceptors (Lipinski definition) is 2. The second kappa shape index (κ2) is 4.73. The Bertz CT molecular complexity index is 350. The predicted molar refractivity (Wildman–Crippen MR) is 61.2 cm³/mol. The summed E-state index contributed by atoms with van der Waals surface area (Å²) in [5, 5.41) is 2.84. The highest BCUT2D eigenvalue weighted by atomic mass is 16.1. The van der Waals surface area contributed by atoms with Crippen LogP contribution in [0.2, 0.25) is 0 Å². The number of pyridine rings is 1. The fourth-order valence-corrected chi connectivity index (χ4v) is 1.06. The van der Waals surface area contributed by atoms with Gasteiger partial charge in [0, 0.05) is 24.0 Å². The number of hydrogen-bond donors (Lipinski definition) is 1. The van der Waals surface area contributed by atoms with E-state index < -0.39 is 0 Å². The lowest BCUT2D eigenvalue weighted by molar-refractivity contribution is -0.117. The Kier molecular flexibility index (Phi) is 3.61. The molecule has 15 heavy (non-hydrogen) atoms. The molecule has 1 amide bonds. The van der Waals surface area contributed by atoms with E-state index in [1.807, 2.05) is 32.9 Å². The van der Waals surface area contributed by atoms with E-state index in [1.54, 1.807) is 18.5 Å². The summed E-state index contributed by atoms with van der Waals surface area (Å²) < 4.78 is 0. The van der Waals surface area contributed by atoms with Crippen molar-refractivity contribution in [2.75, 3.05) is 0 Å². The van der Waals surface area contributed by atoms with Crippen LogP contribution in [0.3, 0.4) is 0 Å². The maximum atomic E-state index is 11.4. The number of carbonyl (C=O) groups excluding carboxylic acids is 1. The quantitative estimate of drug-likeness (QED) is 0.749. The average molecular weight is 204 g/mol. The van der Waals surface area contributed by atoms with E-state index >= 15 is 0 Å². The molecule has 0 unspecified atom stereocenters. The van der Waals surface area contributed by atoms with Gasteiger partial charge in [-0.15, -0.1) is 0 Å². The third-order valence-electron chi connectivity index (χ3n) is 1.61. The van der Waals surface area contributed by atoms with Crippen LogP contribution in [0.4, 0.5) is 0 Å². The van der Waals surface area contributed by atoms with Crippen LogP contribution in [0.5, 0.6) is 0 Å². The summed E-state index contributed by atoms with van der Waals surface area (Å²) in [5.74, 6) is -0.0913. The minimum absolute atomic E-state index is 0.0913. The number of carbonyl (C=O) groups is 1. The molecule has 0 aliphatic rings. The molecule has 0 saturated heterocycles. The molecule has 1 heterocycles. The Hall–Kier alpha value is -1.64. The zero-order chi connectivity index (χ0) is 11.3. The van der Waals surface area contributed by atoms with Crippen molar-refractivity contribution in [1.82, 2.24) is 10.3 Å². The van der Waals surface area contributed by atoms with E-state index in [-0.39, 0.29) is 11.4 Å². The number of rotatable bonds is 2. The summed E-state index contributed by atoms with van der Waals surface area (Å²) in [5.41, 5.74) is 0.720. The van der Waals surface area contributed by atoms with Gasteiger partial charge in [0.15, 0.2) is 0 Å². The monoisotopic (exact) mass is 204 g/mol. The van der Waals surface area contributed by atoms with Crippen LogP contribution in [0.25, 0.3) is 6.08 Å². The molecule has 0 aliphatic heterocycles. The minimum Gasteiger partial charge on any atom is -0.348 e. The third-order valence-corrected chi connectivity index (χ3v) is 1.61. The Morgan fingerprint density at radius 3 is 2.73 bits per heavy atom. The Morgan fingerprint density at radius 1 is 1.47 bits per heavy atom. The van der Waals surface area contributed by atoms with Crippen molar-refractivity contribution in [3.63, 3.8) is 0 Å². The molecule has 1 aromatic rings. The highest BCUT2D eigenvalue weighted by Crippen LogP contribution is 2.01. The summed E-state index contributed by atoms with van der Waals surface area (Å²) in [6, 6.07) is 3.73. The first-order valence-electron chi connectivity index (χ1n) is 4.88. The molecule has 0 aliphatic carbocycles. The van der Waals surface area contributed by atoms with Crippen molar-refractivity contribution in [1.29, 1.82) is 0 Å².